The maximum Gasteiger partial charge on any atom is 0.298 e. The first-order valence-corrected chi connectivity index (χ1v) is 9.57. The Kier molecular flexibility index (Phi) is 5.59. The Labute approximate surface area is 118 Å². The van der Waals surface area contributed by atoms with Gasteiger partial charge in [-0.15, -0.1) is 0 Å². The first-order valence-electron chi connectivity index (χ1n) is 5.53. The molecule has 108 valence electrons. The summed E-state index contributed by atoms with van der Waals surface area (Å²) in [6, 6.07) is 5.89. The predicted molar refractivity (Wildman–Crippen MR) is 74.3 cm³/mol. The van der Waals surface area contributed by atoms with Crippen LogP contribution >= 0.6 is 19.0 Å². The van der Waals surface area contributed by atoms with Gasteiger partial charge >= 0.3 is 0 Å². The minimum Gasteiger partial charge on any atom is -0.324 e. The number of halogens is 1. The molecule has 0 spiro atoms. The van der Waals surface area contributed by atoms with Gasteiger partial charge in [0.15, 0.2) is 0 Å². The summed E-state index contributed by atoms with van der Waals surface area (Å²) in [4.78, 5) is -0.152. The maximum atomic E-state index is 11.9. The monoisotopic (exact) mass is 326 g/mol. The van der Waals surface area contributed by atoms with Crippen molar-refractivity contribution < 1.29 is 21.7 Å². The van der Waals surface area contributed by atoms with Gasteiger partial charge in [-0.25, -0.2) is 0 Å². The molecule has 0 saturated heterocycles. The summed E-state index contributed by atoms with van der Waals surface area (Å²) in [5.41, 5.74) is 0. The molecule has 1 aromatic carbocycles. The van der Waals surface area contributed by atoms with Gasteiger partial charge in [-0.3, -0.25) is 8.75 Å². The summed E-state index contributed by atoms with van der Waals surface area (Å²) < 4.78 is 45.6. The molecule has 0 saturated carbocycles. The fourth-order valence-electron chi connectivity index (χ4n) is 1.35. The molecule has 0 radical (unpaired) electrons. The predicted octanol–water partition coefficient (Wildman–Crippen LogP) is 3.34. The van der Waals surface area contributed by atoms with Crippen molar-refractivity contribution >= 4 is 29.1 Å². The number of hydrogen-bond acceptors (Lipinski definition) is 5. The molecule has 0 bridgehead atoms. The highest BCUT2D eigenvalue weighted by Crippen LogP contribution is 2.44. The van der Waals surface area contributed by atoms with Crippen LogP contribution in [0.1, 0.15) is 13.8 Å². The molecule has 0 N–H and O–H groups in total. The Morgan fingerprint density at radius 2 is 1.89 bits per heavy atom. The van der Waals surface area contributed by atoms with E-state index in [-0.39, 0.29) is 16.0 Å². The molecular weight excluding hydrogens is 311 g/mol. The van der Waals surface area contributed by atoms with Gasteiger partial charge in [-0.1, -0.05) is 23.7 Å². The third-order valence-electron chi connectivity index (χ3n) is 1.98. The summed E-state index contributed by atoms with van der Waals surface area (Å²) in [6.45, 7) is 4.74. The maximum absolute atomic E-state index is 11.9. The van der Waals surface area contributed by atoms with E-state index in [1.54, 1.807) is 19.9 Å². The third-order valence-corrected chi connectivity index (χ3v) is 5.39. The highest BCUT2D eigenvalue weighted by atomic mass is 35.5. The van der Waals surface area contributed by atoms with Crippen LogP contribution in [0.2, 0.25) is 5.02 Å². The van der Waals surface area contributed by atoms with Crippen LogP contribution in [-0.2, 0) is 23.4 Å². The average Bonchev–Trinajstić information content (AvgIpc) is 2.25. The van der Waals surface area contributed by atoms with Gasteiger partial charge in [0.1, 0.15) is 11.2 Å². The Morgan fingerprint density at radius 3 is 2.42 bits per heavy atom. The lowest BCUT2D eigenvalue weighted by atomic mass is 10.4. The second-order valence-corrected chi connectivity index (χ2v) is 8.79. The molecule has 0 heterocycles. The van der Waals surface area contributed by atoms with Crippen LogP contribution in [0.5, 0.6) is 0 Å². The lowest BCUT2D eigenvalue weighted by molar-refractivity contribution is 0.230. The SMILES string of the molecule is CC(C)OP(C)(=O)COS(=O)(=O)c1ccccc1Cl. The van der Waals surface area contributed by atoms with Crippen molar-refractivity contribution in [2.24, 2.45) is 0 Å². The molecule has 0 fully saturated rings. The van der Waals surface area contributed by atoms with Crippen molar-refractivity contribution in [1.82, 2.24) is 0 Å². The molecule has 1 unspecified atom stereocenters. The molecule has 19 heavy (non-hydrogen) atoms. The van der Waals surface area contributed by atoms with Gasteiger partial charge < -0.3 is 4.52 Å². The van der Waals surface area contributed by atoms with E-state index < -0.39 is 23.8 Å². The van der Waals surface area contributed by atoms with Crippen LogP contribution in [0.15, 0.2) is 29.2 Å². The van der Waals surface area contributed by atoms with Crippen LogP contribution in [-0.4, -0.2) is 27.5 Å². The summed E-state index contributed by atoms with van der Waals surface area (Å²) in [5, 5.41) is 0.0539. The Balaban J connectivity index is 2.83. The van der Waals surface area contributed by atoms with E-state index in [2.05, 4.69) is 0 Å². The van der Waals surface area contributed by atoms with E-state index in [4.69, 9.17) is 20.3 Å². The van der Waals surface area contributed by atoms with E-state index in [1.807, 2.05) is 0 Å². The fourth-order valence-corrected chi connectivity index (χ4v) is 4.72. The smallest absolute Gasteiger partial charge is 0.298 e. The fraction of sp³-hybridized carbons (Fsp3) is 0.455. The van der Waals surface area contributed by atoms with Gasteiger partial charge in [-0.2, -0.15) is 8.42 Å². The average molecular weight is 327 g/mol. The van der Waals surface area contributed by atoms with E-state index in [9.17, 15) is 13.0 Å². The van der Waals surface area contributed by atoms with E-state index >= 15 is 0 Å². The summed E-state index contributed by atoms with van der Waals surface area (Å²) >= 11 is 5.78. The Morgan fingerprint density at radius 1 is 1.32 bits per heavy atom. The van der Waals surface area contributed by atoms with Crippen molar-refractivity contribution in [2.75, 3.05) is 13.0 Å². The quantitative estimate of drug-likeness (QED) is 0.592. The second-order valence-electron chi connectivity index (χ2n) is 4.30. The largest absolute Gasteiger partial charge is 0.324 e. The van der Waals surface area contributed by atoms with Gasteiger partial charge in [0.2, 0.25) is 7.37 Å². The Bertz CT molecular complexity index is 585. The number of hydrogen-bond donors (Lipinski definition) is 0. The van der Waals surface area contributed by atoms with Crippen LogP contribution in [0, 0.1) is 0 Å². The molecule has 0 amide bonds. The number of rotatable bonds is 6. The molecule has 8 heteroatoms. The van der Waals surface area contributed by atoms with Crippen molar-refractivity contribution in [1.29, 1.82) is 0 Å². The summed E-state index contributed by atoms with van der Waals surface area (Å²) in [5.74, 6) is 0. The normalized spacial score (nSPS) is 15.4. The molecular formula is C11H16ClO5PS. The van der Waals surface area contributed by atoms with Crippen molar-refractivity contribution in [3.05, 3.63) is 29.3 Å². The zero-order valence-electron chi connectivity index (χ0n) is 10.9. The van der Waals surface area contributed by atoms with Crippen molar-refractivity contribution in [3.63, 3.8) is 0 Å². The first-order chi connectivity index (χ1) is 8.64. The highest BCUT2D eigenvalue weighted by molar-refractivity contribution is 7.87. The zero-order valence-corrected chi connectivity index (χ0v) is 13.3. The minimum atomic E-state index is -4.04. The van der Waals surface area contributed by atoms with Crippen LogP contribution in [0.25, 0.3) is 0 Å². The van der Waals surface area contributed by atoms with Crippen LogP contribution in [0.3, 0.4) is 0 Å². The van der Waals surface area contributed by atoms with E-state index in [0.29, 0.717) is 0 Å². The molecule has 0 aliphatic carbocycles. The minimum absolute atomic E-state index is 0.0539. The summed E-state index contributed by atoms with van der Waals surface area (Å²) in [7, 11) is -7.17. The molecule has 0 aromatic heterocycles. The molecule has 0 aliphatic heterocycles. The zero-order chi connectivity index (χ0) is 14.7. The van der Waals surface area contributed by atoms with Gasteiger partial charge in [0.25, 0.3) is 10.1 Å². The van der Waals surface area contributed by atoms with Gasteiger partial charge in [-0.05, 0) is 26.0 Å². The molecule has 1 rings (SSSR count). The molecule has 5 nitrogen and oxygen atoms in total. The highest BCUT2D eigenvalue weighted by Gasteiger charge is 2.25. The third kappa shape index (κ3) is 5.24. The van der Waals surface area contributed by atoms with Gasteiger partial charge in [0.05, 0.1) is 11.1 Å². The van der Waals surface area contributed by atoms with Crippen LogP contribution in [0.4, 0.5) is 0 Å². The standard InChI is InChI=1S/C11H16ClO5PS/c1-9(2)17-18(3,13)8-16-19(14,15)11-7-5-4-6-10(11)12/h4-7,9H,8H2,1-3H3. The Hall–Kier alpha value is -0.390. The lowest BCUT2D eigenvalue weighted by Crippen LogP contribution is -2.11. The topological polar surface area (TPSA) is 69.7 Å². The van der Waals surface area contributed by atoms with Crippen LogP contribution < -0.4 is 0 Å². The van der Waals surface area contributed by atoms with E-state index in [1.165, 1.54) is 24.9 Å². The first kappa shape index (κ1) is 16.7. The molecule has 1 aromatic rings. The van der Waals surface area contributed by atoms with Crippen molar-refractivity contribution in [3.8, 4) is 0 Å². The van der Waals surface area contributed by atoms with E-state index in [0.717, 1.165) is 0 Å². The molecule has 1 atom stereocenters. The summed E-state index contributed by atoms with van der Waals surface area (Å²) in [6.07, 6.45) is -0.791. The number of benzene rings is 1. The second kappa shape index (κ2) is 6.37. The lowest BCUT2D eigenvalue weighted by Gasteiger charge is -2.16. The van der Waals surface area contributed by atoms with Crippen molar-refractivity contribution in [2.45, 2.75) is 24.8 Å². The molecule has 0 aliphatic rings. The van der Waals surface area contributed by atoms with Gasteiger partial charge in [0, 0.05) is 6.66 Å².